The summed E-state index contributed by atoms with van der Waals surface area (Å²) in [6.07, 6.45) is -2.62. The van der Waals surface area contributed by atoms with Gasteiger partial charge in [0, 0.05) is 41.5 Å². The maximum Gasteiger partial charge on any atom is 0.435 e. The zero-order valence-corrected chi connectivity index (χ0v) is 19.1. The van der Waals surface area contributed by atoms with Crippen LogP contribution in [0.1, 0.15) is 23.2 Å². The maximum atomic E-state index is 14.1. The van der Waals surface area contributed by atoms with Gasteiger partial charge in [-0.3, -0.25) is 4.98 Å². The largest absolute Gasteiger partial charge is 0.435 e. The minimum absolute atomic E-state index is 0.0112. The fraction of sp³-hybridized carbons (Fsp3) is 0.263. The molecule has 2 aromatic rings. The number of alkyl halides is 3. The maximum absolute atomic E-state index is 14.1. The van der Waals surface area contributed by atoms with E-state index in [1.54, 1.807) is 19.0 Å². The first-order chi connectivity index (χ1) is 14.4. The molecule has 1 aliphatic heterocycles. The Kier molecular flexibility index (Phi) is 6.81. The molecule has 1 aromatic heterocycles. The SMILES string of the molecule is CN(C)C=NC(=S)c1ncc(C2=NOC(c3cc(Cl)cc(Cl)c3)(C(F)(F)F)C2)cc1Cl. The van der Waals surface area contributed by atoms with Crippen LogP contribution in [0.15, 0.2) is 40.6 Å². The van der Waals surface area contributed by atoms with Crippen molar-refractivity contribution in [1.82, 2.24) is 9.88 Å². The Balaban J connectivity index is 1.94. The molecular weight excluding hydrogens is 496 g/mol. The normalized spacial score (nSPS) is 18.8. The molecule has 3 rings (SSSR count). The molecule has 0 radical (unpaired) electrons. The molecule has 1 aliphatic rings. The highest BCUT2D eigenvalue weighted by Crippen LogP contribution is 2.49. The van der Waals surface area contributed by atoms with Gasteiger partial charge >= 0.3 is 6.18 Å². The Bertz CT molecular complexity index is 1070. The third kappa shape index (κ3) is 4.95. The molecule has 0 saturated carbocycles. The highest BCUT2D eigenvalue weighted by atomic mass is 35.5. The van der Waals surface area contributed by atoms with Crippen LogP contribution in [-0.2, 0) is 10.4 Å². The Hall–Kier alpha value is -1.94. The monoisotopic (exact) mass is 508 g/mol. The van der Waals surface area contributed by atoms with E-state index in [1.807, 2.05) is 0 Å². The average molecular weight is 510 g/mol. The molecule has 1 unspecified atom stereocenters. The van der Waals surface area contributed by atoms with Crippen molar-refractivity contribution in [2.24, 2.45) is 10.1 Å². The number of rotatable bonds is 4. The van der Waals surface area contributed by atoms with Gasteiger partial charge in [0.1, 0.15) is 5.69 Å². The van der Waals surface area contributed by atoms with Crippen molar-refractivity contribution >= 4 is 64.1 Å². The van der Waals surface area contributed by atoms with Gasteiger partial charge < -0.3 is 9.74 Å². The Morgan fingerprint density at radius 1 is 1.19 bits per heavy atom. The number of nitrogens with zero attached hydrogens (tertiary/aromatic N) is 4. The topological polar surface area (TPSA) is 50.1 Å². The van der Waals surface area contributed by atoms with Crippen molar-refractivity contribution < 1.29 is 18.0 Å². The van der Waals surface area contributed by atoms with Crippen LogP contribution in [0, 0.1) is 0 Å². The third-order valence-corrected chi connectivity index (χ3v) is 5.32. The minimum atomic E-state index is -4.80. The molecule has 0 bridgehead atoms. The van der Waals surface area contributed by atoms with E-state index < -0.39 is 18.2 Å². The summed E-state index contributed by atoms with van der Waals surface area (Å²) in [6, 6.07) is 5.04. The van der Waals surface area contributed by atoms with Crippen LogP contribution in [0.3, 0.4) is 0 Å². The lowest BCUT2D eigenvalue weighted by molar-refractivity contribution is -0.275. The van der Waals surface area contributed by atoms with Gasteiger partial charge in [-0.05, 0) is 24.3 Å². The molecular formula is C19H14Cl3F3N4OS. The van der Waals surface area contributed by atoms with Crippen LogP contribution >= 0.6 is 47.0 Å². The molecule has 0 fully saturated rings. The molecule has 0 aliphatic carbocycles. The molecule has 5 nitrogen and oxygen atoms in total. The molecule has 164 valence electrons. The van der Waals surface area contributed by atoms with Gasteiger partial charge in [-0.15, -0.1) is 0 Å². The van der Waals surface area contributed by atoms with Crippen LogP contribution in [0.25, 0.3) is 0 Å². The molecule has 1 atom stereocenters. The highest BCUT2D eigenvalue weighted by molar-refractivity contribution is 7.80. The summed E-state index contributed by atoms with van der Waals surface area (Å²) in [5.41, 5.74) is -2.51. The predicted molar refractivity (Wildman–Crippen MR) is 120 cm³/mol. The summed E-state index contributed by atoms with van der Waals surface area (Å²) < 4.78 is 42.3. The smallest absolute Gasteiger partial charge is 0.374 e. The van der Waals surface area contributed by atoms with Crippen LogP contribution < -0.4 is 0 Å². The number of aromatic nitrogens is 1. The first-order valence-corrected chi connectivity index (χ1v) is 10.2. The van der Waals surface area contributed by atoms with E-state index in [0.717, 1.165) is 12.1 Å². The Morgan fingerprint density at radius 2 is 1.84 bits per heavy atom. The number of benzene rings is 1. The summed E-state index contributed by atoms with van der Waals surface area (Å²) in [6.45, 7) is 0. The number of aliphatic imine (C=N–C) groups is 1. The Labute approximate surface area is 196 Å². The molecule has 0 amide bonds. The van der Waals surface area contributed by atoms with Crippen molar-refractivity contribution in [2.75, 3.05) is 14.1 Å². The quantitative estimate of drug-likeness (QED) is 0.293. The van der Waals surface area contributed by atoms with Crippen LogP contribution in [0.5, 0.6) is 0 Å². The summed E-state index contributed by atoms with van der Waals surface area (Å²) >= 11 is 23.2. The van der Waals surface area contributed by atoms with Gasteiger partial charge in [0.05, 0.1) is 23.5 Å². The van der Waals surface area contributed by atoms with E-state index in [0.29, 0.717) is 0 Å². The number of hydrogen-bond donors (Lipinski definition) is 0. The third-order valence-electron chi connectivity index (χ3n) is 4.30. The van der Waals surface area contributed by atoms with Crippen LogP contribution in [0.2, 0.25) is 15.1 Å². The lowest BCUT2D eigenvalue weighted by Gasteiger charge is -2.29. The van der Waals surface area contributed by atoms with Gasteiger partial charge in [0.2, 0.25) is 0 Å². The van der Waals surface area contributed by atoms with Gasteiger partial charge in [-0.2, -0.15) is 13.2 Å². The van der Waals surface area contributed by atoms with Crippen molar-refractivity contribution in [3.05, 3.63) is 62.4 Å². The fourth-order valence-corrected chi connectivity index (χ4v) is 3.88. The summed E-state index contributed by atoms with van der Waals surface area (Å²) in [4.78, 5) is 15.0. The van der Waals surface area contributed by atoms with Crippen LogP contribution in [-0.4, -0.2) is 47.2 Å². The second-order valence-corrected chi connectivity index (χ2v) is 8.52. The molecule has 0 N–H and O–H groups in total. The predicted octanol–water partition coefficient (Wildman–Crippen LogP) is 5.89. The number of hydrogen-bond acceptors (Lipinski definition) is 4. The second kappa shape index (κ2) is 8.90. The van der Waals surface area contributed by atoms with Gasteiger partial charge in [0.15, 0.2) is 4.99 Å². The summed E-state index contributed by atoms with van der Waals surface area (Å²) in [5, 5.41) is 3.89. The molecule has 0 saturated heterocycles. The first-order valence-electron chi connectivity index (χ1n) is 8.62. The lowest BCUT2D eigenvalue weighted by atomic mass is 9.87. The number of pyridine rings is 1. The van der Waals surface area contributed by atoms with Crippen molar-refractivity contribution in [3.8, 4) is 0 Å². The van der Waals surface area contributed by atoms with E-state index in [1.165, 1.54) is 24.7 Å². The van der Waals surface area contributed by atoms with Crippen LogP contribution in [0.4, 0.5) is 13.2 Å². The van der Waals surface area contributed by atoms with Gasteiger partial charge in [0.25, 0.3) is 5.60 Å². The van der Waals surface area contributed by atoms with E-state index in [2.05, 4.69) is 15.1 Å². The molecule has 0 spiro atoms. The minimum Gasteiger partial charge on any atom is -0.374 e. The van der Waals surface area contributed by atoms with Gasteiger partial charge in [-0.25, -0.2) is 4.99 Å². The molecule has 1 aromatic carbocycles. The van der Waals surface area contributed by atoms with Crippen molar-refractivity contribution in [3.63, 3.8) is 0 Å². The molecule has 31 heavy (non-hydrogen) atoms. The van der Waals surface area contributed by atoms with E-state index >= 15 is 0 Å². The number of halogens is 6. The van der Waals surface area contributed by atoms with Crippen molar-refractivity contribution in [1.29, 1.82) is 0 Å². The molecule has 2 heterocycles. The number of oxime groups is 1. The molecule has 12 heteroatoms. The summed E-state index contributed by atoms with van der Waals surface area (Å²) in [5.74, 6) is 0. The summed E-state index contributed by atoms with van der Waals surface area (Å²) in [7, 11) is 3.53. The van der Waals surface area contributed by atoms with E-state index in [4.69, 9.17) is 51.9 Å². The van der Waals surface area contributed by atoms with E-state index in [9.17, 15) is 13.2 Å². The zero-order valence-electron chi connectivity index (χ0n) is 16.0. The van der Waals surface area contributed by atoms with Crippen molar-refractivity contribution in [2.45, 2.75) is 18.2 Å². The first kappa shape index (κ1) is 23.7. The lowest BCUT2D eigenvalue weighted by Crippen LogP contribution is -2.42. The highest BCUT2D eigenvalue weighted by Gasteiger charge is 2.62. The standard InChI is InChI=1S/C19H14Cl3F3N4OS/c1-29(2)9-27-17(31)16-14(22)3-10(8-26-16)15-7-18(30-28-15,19(23,24)25)11-4-12(20)6-13(21)5-11/h3-6,8-9H,7H2,1-2H3. The number of thiocarbonyl (C=S) groups is 1. The fourth-order valence-electron chi connectivity index (χ4n) is 2.83. The average Bonchev–Trinajstić information content (AvgIpc) is 3.12. The van der Waals surface area contributed by atoms with Gasteiger partial charge in [-0.1, -0.05) is 52.2 Å². The Morgan fingerprint density at radius 3 is 2.39 bits per heavy atom. The second-order valence-electron chi connectivity index (χ2n) is 6.86. The zero-order chi connectivity index (χ0) is 23.0. The van der Waals surface area contributed by atoms with E-state index in [-0.39, 0.29) is 42.6 Å².